The highest BCUT2D eigenvalue weighted by Gasteiger charge is 2.38. The highest BCUT2D eigenvalue weighted by atomic mass is 19.4. The molecule has 1 atom stereocenters. The number of nitrogens with one attached hydrogen (secondary N) is 1. The van der Waals surface area contributed by atoms with E-state index in [-0.39, 0.29) is 11.8 Å². The van der Waals surface area contributed by atoms with E-state index in [4.69, 9.17) is 14.6 Å². The van der Waals surface area contributed by atoms with Crippen molar-refractivity contribution in [2.45, 2.75) is 38.3 Å². The number of β-amino-alcohol motifs (C(OH)–C–C–N with tert-alkyl or cyclic N) is 1. The summed E-state index contributed by atoms with van der Waals surface area (Å²) in [5.41, 5.74) is 2.90. The van der Waals surface area contributed by atoms with Gasteiger partial charge in [0.2, 0.25) is 0 Å². The van der Waals surface area contributed by atoms with Crippen molar-refractivity contribution < 1.29 is 42.1 Å². The van der Waals surface area contributed by atoms with E-state index in [2.05, 4.69) is 10.2 Å². The summed E-state index contributed by atoms with van der Waals surface area (Å²) in [4.78, 5) is 25.4. The third kappa shape index (κ3) is 11.6. The fourth-order valence-corrected chi connectivity index (χ4v) is 4.09. The van der Waals surface area contributed by atoms with Gasteiger partial charge in [-0.2, -0.15) is 13.2 Å². The standard InChI is InChI=1S/C25H34FN3O3.C2HF3O2/c1-28(25(31)27-15-19-3-5-21(6-4-19)18-32-2)16-20-11-13-29(14-12-20)17-24(30)22-7-9-23(26)10-8-22;3-2(4,5)1(6)7/h3-10,20,24,30H,11-18H2,1-2H3,(H,27,31);(H,6,7). The second-order valence-electron chi connectivity index (χ2n) is 9.40. The second-order valence-corrected chi connectivity index (χ2v) is 9.40. The molecule has 3 N–H and O–H groups in total. The molecule has 39 heavy (non-hydrogen) atoms. The van der Waals surface area contributed by atoms with Crippen molar-refractivity contribution in [2.75, 3.05) is 40.3 Å². The van der Waals surface area contributed by atoms with Gasteiger partial charge in [0, 0.05) is 33.8 Å². The van der Waals surface area contributed by atoms with Gasteiger partial charge in [0.25, 0.3) is 0 Å². The second kappa shape index (κ2) is 15.4. The summed E-state index contributed by atoms with van der Waals surface area (Å²) in [6, 6.07) is 14.0. The number of piperidine rings is 1. The summed E-state index contributed by atoms with van der Waals surface area (Å²) >= 11 is 0. The molecular weight excluding hydrogens is 522 g/mol. The van der Waals surface area contributed by atoms with E-state index in [1.807, 2.05) is 31.3 Å². The van der Waals surface area contributed by atoms with Crippen LogP contribution in [-0.2, 0) is 22.7 Å². The fourth-order valence-electron chi connectivity index (χ4n) is 4.09. The summed E-state index contributed by atoms with van der Waals surface area (Å²) in [6.45, 7) is 4.10. The number of methoxy groups -OCH3 is 1. The summed E-state index contributed by atoms with van der Waals surface area (Å²) in [5, 5.41) is 20.5. The van der Waals surface area contributed by atoms with Crippen LogP contribution >= 0.6 is 0 Å². The number of carboxylic acids is 1. The molecule has 0 bridgehead atoms. The number of alkyl halides is 3. The van der Waals surface area contributed by atoms with Crippen molar-refractivity contribution in [2.24, 2.45) is 5.92 Å². The SMILES string of the molecule is COCc1ccc(CNC(=O)N(C)CC2CCN(CC(O)c3ccc(F)cc3)CC2)cc1.O=C(O)C(F)(F)F. The van der Waals surface area contributed by atoms with Crippen LogP contribution in [0.15, 0.2) is 48.5 Å². The molecule has 0 radical (unpaired) electrons. The molecule has 1 aliphatic rings. The smallest absolute Gasteiger partial charge is 0.475 e. The number of rotatable bonds is 9. The first kappa shape index (κ1) is 32.0. The van der Waals surface area contributed by atoms with Crippen molar-refractivity contribution in [3.63, 3.8) is 0 Å². The first-order chi connectivity index (χ1) is 18.4. The average Bonchev–Trinajstić information content (AvgIpc) is 2.89. The highest BCUT2D eigenvalue weighted by Crippen LogP contribution is 2.22. The first-order valence-electron chi connectivity index (χ1n) is 12.4. The number of aliphatic carboxylic acids is 1. The Bertz CT molecular complexity index is 1030. The molecule has 1 unspecified atom stereocenters. The summed E-state index contributed by atoms with van der Waals surface area (Å²) < 4.78 is 49.9. The topological polar surface area (TPSA) is 102 Å². The number of aliphatic hydroxyl groups is 1. The molecule has 3 rings (SSSR count). The van der Waals surface area contributed by atoms with Gasteiger partial charge in [-0.25, -0.2) is 14.0 Å². The van der Waals surface area contributed by atoms with E-state index in [0.717, 1.165) is 42.6 Å². The largest absolute Gasteiger partial charge is 0.490 e. The summed E-state index contributed by atoms with van der Waals surface area (Å²) in [5.74, 6) is -2.61. The van der Waals surface area contributed by atoms with Crippen LogP contribution in [0, 0.1) is 11.7 Å². The Balaban J connectivity index is 0.000000673. The van der Waals surface area contributed by atoms with Crippen LogP contribution < -0.4 is 5.32 Å². The van der Waals surface area contributed by atoms with Gasteiger partial charge in [0.05, 0.1) is 12.7 Å². The van der Waals surface area contributed by atoms with E-state index in [1.165, 1.54) is 12.1 Å². The predicted octanol–water partition coefficient (Wildman–Crippen LogP) is 4.19. The van der Waals surface area contributed by atoms with E-state index in [9.17, 15) is 27.5 Å². The molecule has 216 valence electrons. The van der Waals surface area contributed by atoms with Crippen molar-refractivity contribution in [3.8, 4) is 0 Å². The van der Waals surface area contributed by atoms with Crippen molar-refractivity contribution >= 4 is 12.0 Å². The van der Waals surface area contributed by atoms with Gasteiger partial charge in [-0.05, 0) is 60.7 Å². The molecule has 1 fully saturated rings. The fraction of sp³-hybridized carbons (Fsp3) is 0.481. The Hall–Kier alpha value is -3.22. The highest BCUT2D eigenvalue weighted by molar-refractivity contribution is 5.74. The third-order valence-corrected chi connectivity index (χ3v) is 6.29. The lowest BCUT2D eigenvalue weighted by molar-refractivity contribution is -0.192. The number of aliphatic hydroxyl groups excluding tert-OH is 1. The van der Waals surface area contributed by atoms with Crippen LogP contribution in [0.5, 0.6) is 0 Å². The molecule has 1 heterocycles. The van der Waals surface area contributed by atoms with E-state index < -0.39 is 18.2 Å². The van der Waals surface area contributed by atoms with Crippen LogP contribution in [0.3, 0.4) is 0 Å². The normalized spacial score (nSPS) is 15.2. The maximum Gasteiger partial charge on any atom is 0.490 e. The monoisotopic (exact) mass is 557 g/mol. The average molecular weight is 558 g/mol. The van der Waals surface area contributed by atoms with Crippen LogP contribution in [0.2, 0.25) is 0 Å². The Morgan fingerprint density at radius 3 is 2.13 bits per heavy atom. The molecule has 0 saturated carbocycles. The molecule has 1 aliphatic heterocycles. The first-order valence-corrected chi connectivity index (χ1v) is 12.4. The quantitative estimate of drug-likeness (QED) is 0.400. The molecular formula is C27H35F4N3O5. The van der Waals surface area contributed by atoms with Gasteiger partial charge in [-0.15, -0.1) is 0 Å². The number of halogens is 4. The molecule has 0 spiro atoms. The number of hydrogen-bond acceptors (Lipinski definition) is 5. The number of carbonyl (C=O) groups excluding carboxylic acids is 1. The van der Waals surface area contributed by atoms with Crippen molar-refractivity contribution in [1.82, 2.24) is 15.1 Å². The Kier molecular flexibility index (Phi) is 12.6. The predicted molar refractivity (Wildman–Crippen MR) is 136 cm³/mol. The lowest BCUT2D eigenvalue weighted by atomic mass is 9.95. The lowest BCUT2D eigenvalue weighted by Gasteiger charge is -2.34. The lowest BCUT2D eigenvalue weighted by Crippen LogP contribution is -2.43. The number of carboxylic acid groups (broad SMARTS) is 1. The van der Waals surface area contributed by atoms with Gasteiger partial charge in [0.15, 0.2) is 0 Å². The van der Waals surface area contributed by atoms with Gasteiger partial charge in [-0.1, -0.05) is 36.4 Å². The molecule has 2 aromatic carbocycles. The Morgan fingerprint density at radius 2 is 1.62 bits per heavy atom. The Morgan fingerprint density at radius 1 is 1.08 bits per heavy atom. The van der Waals surface area contributed by atoms with E-state index in [1.54, 1.807) is 24.1 Å². The van der Waals surface area contributed by atoms with E-state index in [0.29, 0.717) is 32.2 Å². The third-order valence-electron chi connectivity index (χ3n) is 6.29. The van der Waals surface area contributed by atoms with Crippen molar-refractivity contribution in [1.29, 1.82) is 0 Å². The van der Waals surface area contributed by atoms with Crippen LogP contribution in [0.25, 0.3) is 0 Å². The maximum absolute atomic E-state index is 13.1. The van der Waals surface area contributed by atoms with Gasteiger partial charge in [-0.3, -0.25) is 0 Å². The zero-order valence-electron chi connectivity index (χ0n) is 22.0. The minimum absolute atomic E-state index is 0.0693. The molecule has 8 nitrogen and oxygen atoms in total. The molecule has 2 amide bonds. The molecule has 0 aliphatic carbocycles. The summed E-state index contributed by atoms with van der Waals surface area (Å²) in [6.07, 6.45) is -3.74. The number of urea groups is 1. The number of hydrogen-bond donors (Lipinski definition) is 3. The zero-order chi connectivity index (χ0) is 29.0. The van der Waals surface area contributed by atoms with Gasteiger partial charge < -0.3 is 30.1 Å². The molecule has 0 aromatic heterocycles. The van der Waals surface area contributed by atoms with Gasteiger partial charge >= 0.3 is 18.2 Å². The number of ether oxygens (including phenoxy) is 1. The number of nitrogens with zero attached hydrogens (tertiary/aromatic N) is 2. The minimum Gasteiger partial charge on any atom is -0.475 e. The molecule has 2 aromatic rings. The van der Waals surface area contributed by atoms with Gasteiger partial charge in [0.1, 0.15) is 5.82 Å². The van der Waals surface area contributed by atoms with Crippen molar-refractivity contribution in [3.05, 3.63) is 71.0 Å². The molecule has 12 heteroatoms. The number of likely N-dealkylation sites (tertiary alicyclic amines) is 1. The maximum atomic E-state index is 13.1. The van der Waals surface area contributed by atoms with Crippen LogP contribution in [0.4, 0.5) is 22.4 Å². The zero-order valence-corrected chi connectivity index (χ0v) is 22.0. The van der Waals surface area contributed by atoms with Crippen LogP contribution in [-0.4, -0.2) is 78.5 Å². The molecule has 1 saturated heterocycles. The number of carbonyl (C=O) groups is 2. The Labute approximate surface area is 225 Å². The number of benzene rings is 2. The summed E-state index contributed by atoms with van der Waals surface area (Å²) in [7, 11) is 3.51. The van der Waals surface area contributed by atoms with E-state index >= 15 is 0 Å². The minimum atomic E-state index is -5.08. The van der Waals surface area contributed by atoms with Crippen LogP contribution in [0.1, 0.15) is 35.6 Å². The number of amides is 2.